The van der Waals surface area contributed by atoms with Gasteiger partial charge in [-0.3, -0.25) is 9.69 Å². The molecule has 0 aromatic carbocycles. The molecule has 2 rings (SSSR count). The predicted octanol–water partition coefficient (Wildman–Crippen LogP) is 0.223. The Morgan fingerprint density at radius 1 is 1.30 bits per heavy atom. The third-order valence-corrected chi connectivity index (χ3v) is 3.20. The monoisotopic (exact) mass is 285 g/mol. The summed E-state index contributed by atoms with van der Waals surface area (Å²) in [5.41, 5.74) is 0.257. The van der Waals surface area contributed by atoms with Crippen molar-refractivity contribution in [3.05, 3.63) is 17.8 Å². The number of alkyl halides is 2. The third-order valence-electron chi connectivity index (χ3n) is 3.20. The summed E-state index contributed by atoms with van der Waals surface area (Å²) < 4.78 is 24.6. The quantitative estimate of drug-likeness (QED) is 0.857. The van der Waals surface area contributed by atoms with Crippen LogP contribution >= 0.6 is 0 Å². The van der Waals surface area contributed by atoms with Gasteiger partial charge in [-0.1, -0.05) is 0 Å². The minimum Gasteiger partial charge on any atom is -0.354 e. The maximum atomic E-state index is 12.3. The minimum atomic E-state index is -2.30. The van der Waals surface area contributed by atoms with E-state index in [4.69, 9.17) is 0 Å². The van der Waals surface area contributed by atoms with Crippen LogP contribution in [0.25, 0.3) is 0 Å². The van der Waals surface area contributed by atoms with Crippen molar-refractivity contribution >= 4 is 11.7 Å². The van der Waals surface area contributed by atoms with Crippen LogP contribution in [0.5, 0.6) is 0 Å². The molecule has 0 radical (unpaired) electrons. The van der Waals surface area contributed by atoms with Crippen molar-refractivity contribution in [2.24, 2.45) is 0 Å². The highest BCUT2D eigenvalue weighted by molar-refractivity contribution is 5.91. The predicted molar refractivity (Wildman–Crippen MR) is 70.1 cm³/mol. The van der Waals surface area contributed by atoms with Gasteiger partial charge in [0.15, 0.2) is 11.5 Å². The van der Waals surface area contributed by atoms with Crippen molar-refractivity contribution in [1.82, 2.24) is 20.4 Å². The molecule has 2 heterocycles. The van der Waals surface area contributed by atoms with Gasteiger partial charge in [0.25, 0.3) is 12.3 Å². The van der Waals surface area contributed by atoms with Crippen LogP contribution in [-0.4, -0.2) is 67.2 Å². The summed E-state index contributed by atoms with van der Waals surface area (Å²) in [7, 11) is 1.53. The van der Waals surface area contributed by atoms with Gasteiger partial charge in [-0.25, -0.2) is 8.78 Å². The molecule has 1 N–H and O–H groups in total. The highest BCUT2D eigenvalue weighted by Gasteiger charge is 2.20. The van der Waals surface area contributed by atoms with Gasteiger partial charge in [-0.2, -0.15) is 0 Å². The lowest BCUT2D eigenvalue weighted by Gasteiger charge is -2.34. The summed E-state index contributed by atoms with van der Waals surface area (Å²) in [6, 6.07) is 3.33. The lowest BCUT2D eigenvalue weighted by Crippen LogP contribution is -2.48. The fourth-order valence-electron chi connectivity index (χ4n) is 2.10. The normalized spacial score (nSPS) is 16.5. The van der Waals surface area contributed by atoms with Gasteiger partial charge in [-0.15, -0.1) is 10.2 Å². The van der Waals surface area contributed by atoms with E-state index < -0.39 is 6.43 Å². The number of nitrogens with zero attached hydrogens (tertiary/aromatic N) is 4. The summed E-state index contributed by atoms with van der Waals surface area (Å²) in [6.45, 7) is 2.21. The van der Waals surface area contributed by atoms with E-state index in [9.17, 15) is 13.6 Å². The largest absolute Gasteiger partial charge is 0.354 e. The van der Waals surface area contributed by atoms with Crippen LogP contribution in [0.3, 0.4) is 0 Å². The van der Waals surface area contributed by atoms with Gasteiger partial charge in [-0.05, 0) is 12.1 Å². The second-order valence-corrected chi connectivity index (χ2v) is 4.53. The molecule has 1 aromatic rings. The number of carbonyl (C=O) groups is 1. The molecular weight excluding hydrogens is 268 g/mol. The van der Waals surface area contributed by atoms with Crippen LogP contribution in [0.1, 0.15) is 10.5 Å². The lowest BCUT2D eigenvalue weighted by molar-refractivity contribution is 0.0853. The molecule has 6 nitrogen and oxygen atoms in total. The number of aromatic nitrogens is 2. The van der Waals surface area contributed by atoms with E-state index >= 15 is 0 Å². The average Bonchev–Trinajstić information content (AvgIpc) is 2.47. The lowest BCUT2D eigenvalue weighted by atomic mass is 10.3. The van der Waals surface area contributed by atoms with Gasteiger partial charge in [0, 0.05) is 33.2 Å². The van der Waals surface area contributed by atoms with Crippen molar-refractivity contribution in [1.29, 1.82) is 0 Å². The second kappa shape index (κ2) is 6.56. The fraction of sp³-hybridized carbons (Fsp3) is 0.583. The van der Waals surface area contributed by atoms with Crippen LogP contribution in [0, 0.1) is 0 Å². The summed E-state index contributed by atoms with van der Waals surface area (Å²) in [4.78, 5) is 15.0. The molecule has 1 fully saturated rings. The third kappa shape index (κ3) is 3.60. The molecule has 1 amide bonds. The van der Waals surface area contributed by atoms with Gasteiger partial charge < -0.3 is 10.2 Å². The molecule has 1 saturated heterocycles. The van der Waals surface area contributed by atoms with Crippen molar-refractivity contribution in [3.8, 4) is 0 Å². The number of nitrogens with one attached hydrogen (secondary N) is 1. The molecule has 110 valence electrons. The van der Waals surface area contributed by atoms with E-state index in [2.05, 4.69) is 15.5 Å². The first-order chi connectivity index (χ1) is 9.60. The fourth-order valence-corrected chi connectivity index (χ4v) is 2.10. The molecule has 1 aliphatic rings. The van der Waals surface area contributed by atoms with E-state index in [1.165, 1.54) is 7.05 Å². The zero-order valence-corrected chi connectivity index (χ0v) is 11.2. The van der Waals surface area contributed by atoms with Crippen LogP contribution < -0.4 is 10.2 Å². The van der Waals surface area contributed by atoms with Gasteiger partial charge >= 0.3 is 0 Å². The Morgan fingerprint density at radius 3 is 2.50 bits per heavy atom. The SMILES string of the molecule is CNC(=O)c1ccc(N2CCN(CC(F)F)CC2)nn1. The molecular formula is C12H17F2N5O. The number of amides is 1. The zero-order valence-electron chi connectivity index (χ0n) is 11.2. The number of hydrogen-bond donors (Lipinski definition) is 1. The summed E-state index contributed by atoms with van der Waals surface area (Å²) in [5, 5.41) is 10.3. The number of carbonyl (C=O) groups excluding carboxylic acids is 1. The van der Waals surface area contributed by atoms with E-state index in [1.807, 2.05) is 4.90 Å². The maximum Gasteiger partial charge on any atom is 0.271 e. The van der Waals surface area contributed by atoms with Gasteiger partial charge in [0.2, 0.25) is 0 Å². The molecule has 0 spiro atoms. The number of rotatable bonds is 4. The minimum absolute atomic E-state index is 0.185. The average molecular weight is 285 g/mol. The van der Waals surface area contributed by atoms with E-state index in [0.717, 1.165) is 0 Å². The molecule has 0 aliphatic carbocycles. The maximum absolute atomic E-state index is 12.3. The second-order valence-electron chi connectivity index (χ2n) is 4.53. The van der Waals surface area contributed by atoms with Crippen LogP contribution in [0.15, 0.2) is 12.1 Å². The highest BCUT2D eigenvalue weighted by Crippen LogP contribution is 2.13. The van der Waals surface area contributed by atoms with E-state index in [-0.39, 0.29) is 18.1 Å². The van der Waals surface area contributed by atoms with Gasteiger partial charge in [0.05, 0.1) is 6.54 Å². The smallest absolute Gasteiger partial charge is 0.271 e. The molecule has 0 atom stereocenters. The Labute approximate surface area is 115 Å². The van der Waals surface area contributed by atoms with Crippen LogP contribution in [0.4, 0.5) is 14.6 Å². The van der Waals surface area contributed by atoms with Crippen LogP contribution in [-0.2, 0) is 0 Å². The molecule has 0 unspecified atom stereocenters. The number of hydrogen-bond acceptors (Lipinski definition) is 5. The first-order valence-electron chi connectivity index (χ1n) is 6.41. The molecule has 0 bridgehead atoms. The van der Waals surface area contributed by atoms with Gasteiger partial charge in [0.1, 0.15) is 0 Å². The molecule has 1 aromatic heterocycles. The molecule has 20 heavy (non-hydrogen) atoms. The van der Waals surface area contributed by atoms with Crippen LogP contribution in [0.2, 0.25) is 0 Å². The Morgan fingerprint density at radius 2 is 2.00 bits per heavy atom. The molecule has 8 heteroatoms. The Bertz CT molecular complexity index is 446. The number of anilines is 1. The van der Waals surface area contributed by atoms with E-state index in [0.29, 0.717) is 32.0 Å². The zero-order chi connectivity index (χ0) is 14.5. The molecule has 1 aliphatic heterocycles. The highest BCUT2D eigenvalue weighted by atomic mass is 19.3. The number of halogens is 2. The Hall–Kier alpha value is -1.83. The van der Waals surface area contributed by atoms with Crippen molar-refractivity contribution in [2.75, 3.05) is 44.7 Å². The van der Waals surface area contributed by atoms with Crippen molar-refractivity contribution in [2.45, 2.75) is 6.43 Å². The number of piperazine rings is 1. The van der Waals surface area contributed by atoms with E-state index in [1.54, 1.807) is 17.0 Å². The first kappa shape index (κ1) is 14.6. The van der Waals surface area contributed by atoms with Crippen molar-refractivity contribution in [3.63, 3.8) is 0 Å². The standard InChI is InChI=1S/C12H17F2N5O/c1-15-12(20)9-2-3-11(17-16-9)19-6-4-18(5-7-19)8-10(13)14/h2-3,10H,4-8H2,1H3,(H,15,20). The topological polar surface area (TPSA) is 61.4 Å². The Kier molecular flexibility index (Phi) is 4.78. The Balaban J connectivity index is 1.92. The summed E-state index contributed by atoms with van der Waals surface area (Å²) >= 11 is 0. The molecule has 0 saturated carbocycles. The first-order valence-corrected chi connectivity index (χ1v) is 6.41. The van der Waals surface area contributed by atoms with Crippen molar-refractivity contribution < 1.29 is 13.6 Å². The summed E-state index contributed by atoms with van der Waals surface area (Å²) in [5.74, 6) is 0.375. The summed E-state index contributed by atoms with van der Waals surface area (Å²) in [6.07, 6.45) is -2.30.